The average molecular weight is 474 g/mol. The molecule has 8 nitrogen and oxygen atoms in total. The number of carbonyl (C=O) groups excluding carboxylic acids is 2. The van der Waals surface area contributed by atoms with Gasteiger partial charge in [0.25, 0.3) is 21.8 Å². The highest BCUT2D eigenvalue weighted by atomic mass is 32.2. The molecule has 0 spiro atoms. The lowest BCUT2D eigenvalue weighted by molar-refractivity contribution is 0.0952. The van der Waals surface area contributed by atoms with Crippen LogP contribution < -0.4 is 15.4 Å². The molecule has 0 bridgehead atoms. The number of phenolic OH excluding ortho intramolecular Hbond substituents is 1. The van der Waals surface area contributed by atoms with Gasteiger partial charge in [-0.1, -0.05) is 23.8 Å². The summed E-state index contributed by atoms with van der Waals surface area (Å²) in [7, 11) is -3.92. The number of anilines is 1. The highest BCUT2D eigenvalue weighted by Crippen LogP contribution is 2.24. The highest BCUT2D eigenvalue weighted by molar-refractivity contribution is 7.93. The van der Waals surface area contributed by atoms with Crippen molar-refractivity contribution in [3.8, 4) is 5.75 Å². The summed E-state index contributed by atoms with van der Waals surface area (Å²) in [6.45, 7) is 2.46. The first-order valence-electron chi connectivity index (χ1n) is 9.79. The molecular formula is C22H23N3O5S2. The van der Waals surface area contributed by atoms with Crippen molar-refractivity contribution in [2.75, 3.05) is 17.8 Å². The van der Waals surface area contributed by atoms with E-state index in [0.29, 0.717) is 24.2 Å². The van der Waals surface area contributed by atoms with E-state index >= 15 is 0 Å². The topological polar surface area (TPSA) is 125 Å². The zero-order chi connectivity index (χ0) is 23.1. The van der Waals surface area contributed by atoms with Gasteiger partial charge in [-0.15, -0.1) is 11.3 Å². The van der Waals surface area contributed by atoms with E-state index in [1.165, 1.54) is 18.2 Å². The molecule has 32 heavy (non-hydrogen) atoms. The van der Waals surface area contributed by atoms with Crippen molar-refractivity contribution in [2.24, 2.45) is 0 Å². The Morgan fingerprint density at radius 3 is 2.34 bits per heavy atom. The zero-order valence-corrected chi connectivity index (χ0v) is 18.9. The van der Waals surface area contributed by atoms with Crippen LogP contribution in [0.2, 0.25) is 0 Å². The summed E-state index contributed by atoms with van der Waals surface area (Å²) in [5.74, 6) is -0.826. The first-order valence-corrected chi connectivity index (χ1v) is 12.1. The van der Waals surface area contributed by atoms with E-state index in [4.69, 9.17) is 0 Å². The maximum Gasteiger partial charge on any atom is 0.263 e. The minimum Gasteiger partial charge on any atom is -0.508 e. The number of benzene rings is 2. The second-order valence-electron chi connectivity index (χ2n) is 7.00. The molecule has 4 N–H and O–H groups in total. The summed E-state index contributed by atoms with van der Waals surface area (Å²) in [4.78, 5) is 24.5. The fourth-order valence-electron chi connectivity index (χ4n) is 2.83. The van der Waals surface area contributed by atoms with E-state index in [2.05, 4.69) is 15.4 Å². The Morgan fingerprint density at radius 1 is 0.969 bits per heavy atom. The molecule has 10 heteroatoms. The number of aromatic hydroxyl groups is 1. The van der Waals surface area contributed by atoms with Crippen LogP contribution in [-0.2, 0) is 10.0 Å². The maximum atomic E-state index is 12.7. The summed E-state index contributed by atoms with van der Waals surface area (Å²) < 4.78 is 28.0. The number of rotatable bonds is 9. The SMILES string of the molecule is Cc1ccc(NS(=O)(=O)c2ccsc2C(=O)NCCCNC(=O)c2cccc(O)c2)cc1. The quantitative estimate of drug-likeness (QED) is 0.356. The molecule has 2 amide bonds. The summed E-state index contributed by atoms with van der Waals surface area (Å²) in [6.07, 6.45) is 0.450. The fourth-order valence-corrected chi connectivity index (χ4v) is 5.23. The first kappa shape index (κ1) is 23.3. The minimum atomic E-state index is -3.92. The largest absolute Gasteiger partial charge is 0.508 e. The van der Waals surface area contributed by atoms with Gasteiger partial charge in [-0.3, -0.25) is 14.3 Å². The van der Waals surface area contributed by atoms with Gasteiger partial charge in [-0.05, 0) is 55.1 Å². The van der Waals surface area contributed by atoms with Crippen LogP contribution in [0.4, 0.5) is 5.69 Å². The highest BCUT2D eigenvalue weighted by Gasteiger charge is 2.24. The van der Waals surface area contributed by atoms with Crippen LogP contribution in [0, 0.1) is 6.92 Å². The van der Waals surface area contributed by atoms with Crippen molar-refractivity contribution in [2.45, 2.75) is 18.2 Å². The number of phenols is 1. The second-order valence-corrected chi connectivity index (χ2v) is 9.57. The van der Waals surface area contributed by atoms with Gasteiger partial charge in [0.1, 0.15) is 15.5 Å². The number of hydrogen-bond donors (Lipinski definition) is 4. The van der Waals surface area contributed by atoms with E-state index < -0.39 is 15.9 Å². The summed E-state index contributed by atoms with van der Waals surface area (Å²) >= 11 is 1.04. The predicted molar refractivity (Wildman–Crippen MR) is 124 cm³/mol. The van der Waals surface area contributed by atoms with Crippen LogP contribution >= 0.6 is 11.3 Å². The molecule has 0 saturated heterocycles. The Kier molecular flexibility index (Phi) is 7.49. The third-order valence-corrected chi connectivity index (χ3v) is 6.93. The van der Waals surface area contributed by atoms with Gasteiger partial charge in [0.2, 0.25) is 0 Å². The fraction of sp³-hybridized carbons (Fsp3) is 0.182. The van der Waals surface area contributed by atoms with Gasteiger partial charge >= 0.3 is 0 Å². The molecule has 0 fully saturated rings. The van der Waals surface area contributed by atoms with Gasteiger partial charge in [0.15, 0.2) is 0 Å². The van der Waals surface area contributed by atoms with Gasteiger partial charge < -0.3 is 15.7 Å². The molecule has 0 saturated carbocycles. The van der Waals surface area contributed by atoms with Gasteiger partial charge in [-0.25, -0.2) is 8.42 Å². The number of nitrogens with one attached hydrogen (secondary N) is 3. The Labute approximate surface area is 190 Å². The molecule has 0 atom stereocenters. The Balaban J connectivity index is 1.51. The lowest BCUT2D eigenvalue weighted by atomic mass is 10.2. The van der Waals surface area contributed by atoms with Crippen LogP contribution in [0.25, 0.3) is 0 Å². The minimum absolute atomic E-state index is 0.00323. The van der Waals surface area contributed by atoms with E-state index in [1.54, 1.807) is 41.8 Å². The Bertz CT molecular complexity index is 1200. The number of sulfonamides is 1. The molecule has 0 aliphatic heterocycles. The van der Waals surface area contributed by atoms with Crippen LogP contribution in [-0.4, -0.2) is 38.4 Å². The maximum absolute atomic E-state index is 12.7. The molecule has 0 aliphatic rings. The molecule has 2 aromatic carbocycles. The normalized spacial score (nSPS) is 11.0. The molecular weight excluding hydrogens is 450 g/mol. The van der Waals surface area contributed by atoms with Gasteiger partial charge in [0.05, 0.1) is 0 Å². The third kappa shape index (κ3) is 6.08. The third-order valence-electron chi connectivity index (χ3n) is 4.46. The lowest BCUT2D eigenvalue weighted by Gasteiger charge is -2.10. The van der Waals surface area contributed by atoms with Crippen LogP contribution in [0.1, 0.15) is 32.0 Å². The molecule has 3 aromatic rings. The van der Waals surface area contributed by atoms with Crippen molar-refractivity contribution in [3.63, 3.8) is 0 Å². The van der Waals surface area contributed by atoms with E-state index in [9.17, 15) is 23.1 Å². The van der Waals surface area contributed by atoms with Crippen molar-refractivity contribution in [1.82, 2.24) is 10.6 Å². The molecule has 0 unspecified atom stereocenters. The molecule has 3 rings (SSSR count). The number of amides is 2. The summed E-state index contributed by atoms with van der Waals surface area (Å²) in [5, 5.41) is 16.3. The van der Waals surface area contributed by atoms with Crippen molar-refractivity contribution >= 4 is 38.9 Å². The van der Waals surface area contributed by atoms with E-state index in [1.807, 2.05) is 6.92 Å². The number of thiophene rings is 1. The number of hydrogen-bond acceptors (Lipinski definition) is 6. The number of carbonyl (C=O) groups is 2. The molecule has 168 valence electrons. The second kappa shape index (κ2) is 10.3. The van der Waals surface area contributed by atoms with Gasteiger partial charge in [0, 0.05) is 24.3 Å². The Morgan fingerprint density at radius 2 is 1.66 bits per heavy atom. The summed E-state index contributed by atoms with van der Waals surface area (Å²) in [5.41, 5.74) is 1.75. The molecule has 1 aromatic heterocycles. The van der Waals surface area contributed by atoms with Crippen LogP contribution in [0.15, 0.2) is 64.9 Å². The molecule has 1 heterocycles. The lowest BCUT2D eigenvalue weighted by Crippen LogP contribution is -2.30. The van der Waals surface area contributed by atoms with Crippen molar-refractivity contribution < 1.29 is 23.1 Å². The molecule has 0 radical (unpaired) electrons. The van der Waals surface area contributed by atoms with Crippen molar-refractivity contribution in [3.05, 3.63) is 76.0 Å². The van der Waals surface area contributed by atoms with Crippen LogP contribution in [0.3, 0.4) is 0 Å². The Hall–Kier alpha value is -3.37. The number of aryl methyl sites for hydroxylation is 1. The van der Waals surface area contributed by atoms with Crippen LogP contribution in [0.5, 0.6) is 5.75 Å². The first-order chi connectivity index (χ1) is 15.3. The standard InChI is InChI=1S/C22H23N3O5S2/c1-15-6-8-17(9-7-15)25-32(29,30)19-10-13-31-20(19)22(28)24-12-3-11-23-21(27)16-4-2-5-18(26)14-16/h2,4-10,13-14,25-26H,3,11-12H2,1H3,(H,23,27)(H,24,28). The average Bonchev–Trinajstić information content (AvgIpc) is 3.26. The monoisotopic (exact) mass is 473 g/mol. The summed E-state index contributed by atoms with van der Waals surface area (Å²) in [6, 6.07) is 14.3. The zero-order valence-electron chi connectivity index (χ0n) is 17.3. The molecule has 0 aliphatic carbocycles. The smallest absolute Gasteiger partial charge is 0.263 e. The van der Waals surface area contributed by atoms with E-state index in [0.717, 1.165) is 16.9 Å². The van der Waals surface area contributed by atoms with Gasteiger partial charge in [-0.2, -0.15) is 0 Å². The van der Waals surface area contributed by atoms with Crippen molar-refractivity contribution in [1.29, 1.82) is 0 Å². The predicted octanol–water partition coefficient (Wildman–Crippen LogP) is 3.11. The van der Waals surface area contributed by atoms with E-state index in [-0.39, 0.29) is 28.0 Å².